The van der Waals surface area contributed by atoms with Crippen LogP contribution in [0.1, 0.15) is 38.5 Å². The first-order valence-corrected chi connectivity index (χ1v) is 9.30. The molecule has 0 aromatic rings. The molecule has 0 radical (unpaired) electrons. The summed E-state index contributed by atoms with van der Waals surface area (Å²) in [5, 5.41) is -5.33. The summed E-state index contributed by atoms with van der Waals surface area (Å²) >= 11 is 0. The molecule has 0 heterocycles. The highest BCUT2D eigenvalue weighted by molar-refractivity contribution is 8.13. The average molecular weight is 386 g/mol. The van der Waals surface area contributed by atoms with E-state index in [1.54, 1.807) is 0 Å². The van der Waals surface area contributed by atoms with Crippen molar-refractivity contribution >= 4 is 25.8 Å². The smallest absolute Gasteiger partial charge is 0.423 e. The molecule has 0 amide bonds. The summed E-state index contributed by atoms with van der Waals surface area (Å²) < 4.78 is 108. The molecule has 1 rings (SSSR count). The number of alkyl halides is 5. The maximum Gasteiger partial charge on any atom is 0.480 e. The van der Waals surface area contributed by atoms with Crippen LogP contribution in [0.15, 0.2) is 0 Å². The zero-order valence-corrected chi connectivity index (χ0v) is 13.1. The van der Waals surface area contributed by atoms with Gasteiger partial charge in [-0.15, -0.1) is 0 Å². The lowest BCUT2D eigenvalue weighted by molar-refractivity contribution is -0.134. The molecule has 0 bridgehead atoms. The van der Waals surface area contributed by atoms with Crippen molar-refractivity contribution < 1.29 is 43.6 Å². The van der Waals surface area contributed by atoms with Crippen LogP contribution in [-0.4, -0.2) is 33.4 Å². The van der Waals surface area contributed by atoms with Crippen LogP contribution in [0, 0.1) is 5.92 Å². The number of rotatable bonds is 6. The van der Waals surface area contributed by atoms with Crippen LogP contribution in [0.2, 0.25) is 0 Å². The molecule has 0 N–H and O–H groups in total. The van der Waals surface area contributed by atoms with E-state index in [2.05, 4.69) is 0 Å². The van der Waals surface area contributed by atoms with Crippen molar-refractivity contribution in [1.29, 1.82) is 0 Å². The fraction of sp³-hybridized carbons (Fsp3) is 0.900. The van der Waals surface area contributed by atoms with Gasteiger partial charge in [-0.25, -0.2) is 16.8 Å². The Kier molecular flexibility index (Phi) is 5.79. The van der Waals surface area contributed by atoms with Crippen molar-refractivity contribution in [2.24, 2.45) is 5.92 Å². The standard InChI is InChI=1S/C10H13F5NO5S2/c11-9(12,8(17)6-7-4-2-1-3-5-7)22(18,19)16-23(20,21)10(13,14)15/h7H,1-6H2/q-1. The summed E-state index contributed by atoms with van der Waals surface area (Å²) in [4.78, 5) is 11.4. The van der Waals surface area contributed by atoms with Crippen molar-refractivity contribution in [2.45, 2.75) is 49.3 Å². The molecule has 23 heavy (non-hydrogen) atoms. The summed E-state index contributed by atoms with van der Waals surface area (Å²) in [7, 11) is -13.2. The highest BCUT2D eigenvalue weighted by Gasteiger charge is 2.51. The first-order valence-electron chi connectivity index (χ1n) is 6.42. The number of ketones is 1. The molecular formula is C10H13F5NO5S2-. The number of sulfonamides is 2. The molecule has 0 aliphatic heterocycles. The van der Waals surface area contributed by atoms with Crippen LogP contribution in [0.25, 0.3) is 4.13 Å². The summed E-state index contributed by atoms with van der Waals surface area (Å²) in [6.45, 7) is 0. The van der Waals surface area contributed by atoms with Gasteiger partial charge in [0.05, 0.1) is 0 Å². The van der Waals surface area contributed by atoms with E-state index in [0.717, 1.165) is 6.42 Å². The van der Waals surface area contributed by atoms with Gasteiger partial charge >= 0.3 is 10.8 Å². The molecule has 6 nitrogen and oxygen atoms in total. The van der Waals surface area contributed by atoms with Gasteiger partial charge in [-0.2, -0.15) is 22.0 Å². The average Bonchev–Trinajstić information content (AvgIpc) is 2.37. The first kappa shape index (κ1) is 20.2. The lowest BCUT2D eigenvalue weighted by Crippen LogP contribution is -2.40. The number of Topliss-reactive ketones (excluding diaryl/α,β-unsaturated/α-hetero) is 1. The van der Waals surface area contributed by atoms with Gasteiger partial charge in [-0.1, -0.05) is 32.1 Å². The molecule has 0 unspecified atom stereocenters. The highest BCUT2D eigenvalue weighted by Crippen LogP contribution is 2.38. The van der Waals surface area contributed by atoms with Gasteiger partial charge in [-0.3, -0.25) is 4.79 Å². The predicted octanol–water partition coefficient (Wildman–Crippen LogP) is 2.67. The van der Waals surface area contributed by atoms with Crippen LogP contribution in [0.3, 0.4) is 0 Å². The molecule has 1 fully saturated rings. The minimum atomic E-state index is -6.70. The molecule has 1 aliphatic rings. The van der Waals surface area contributed by atoms with E-state index in [0.29, 0.717) is 25.7 Å². The second-order valence-corrected chi connectivity index (χ2v) is 8.59. The molecule has 0 aromatic carbocycles. The topological polar surface area (TPSA) is 99.4 Å². The Balaban J connectivity index is 2.94. The largest absolute Gasteiger partial charge is 0.480 e. The van der Waals surface area contributed by atoms with E-state index in [4.69, 9.17) is 0 Å². The van der Waals surface area contributed by atoms with E-state index in [1.807, 2.05) is 0 Å². The second kappa shape index (κ2) is 6.59. The number of carbonyl (C=O) groups excluding carboxylic acids is 1. The Labute approximate surface area is 129 Å². The third-order valence-electron chi connectivity index (χ3n) is 3.34. The highest BCUT2D eigenvalue weighted by atomic mass is 32.3. The number of hydrogen-bond donors (Lipinski definition) is 0. The molecule has 13 heteroatoms. The van der Waals surface area contributed by atoms with Gasteiger partial charge in [0.1, 0.15) is 0 Å². The number of hydrogen-bond acceptors (Lipinski definition) is 5. The van der Waals surface area contributed by atoms with E-state index >= 15 is 0 Å². The molecule has 0 saturated heterocycles. The molecule has 0 atom stereocenters. The Morgan fingerprint density at radius 2 is 1.39 bits per heavy atom. The predicted molar refractivity (Wildman–Crippen MR) is 68.4 cm³/mol. The summed E-state index contributed by atoms with van der Waals surface area (Å²) in [6, 6.07) is 0. The van der Waals surface area contributed by atoms with Crippen molar-refractivity contribution in [2.75, 3.05) is 0 Å². The molecule has 1 saturated carbocycles. The maximum absolute atomic E-state index is 13.6. The number of nitrogens with zero attached hydrogens (tertiary/aromatic N) is 1. The minimum Gasteiger partial charge on any atom is -0.423 e. The normalized spacial score (nSPS) is 18.8. The second-order valence-electron chi connectivity index (χ2n) is 5.12. The lowest BCUT2D eigenvalue weighted by Gasteiger charge is -2.28. The molecule has 0 aromatic heterocycles. The quantitative estimate of drug-likeness (QED) is 0.654. The van der Waals surface area contributed by atoms with Crippen molar-refractivity contribution in [3.63, 3.8) is 0 Å². The summed E-state index contributed by atoms with van der Waals surface area (Å²) in [6.07, 6.45) is 2.08. The SMILES string of the molecule is O=C(CC1CCCCC1)C(F)(F)S(=O)(=O)[N-]S(=O)(=O)C(F)(F)F. The van der Waals surface area contributed by atoms with Gasteiger partial charge in [0, 0.05) is 6.42 Å². The van der Waals surface area contributed by atoms with Gasteiger partial charge in [0.25, 0.3) is 0 Å². The third-order valence-corrected chi connectivity index (χ3v) is 6.37. The number of carbonyl (C=O) groups is 1. The van der Waals surface area contributed by atoms with Gasteiger partial charge in [0.2, 0.25) is 5.78 Å². The Morgan fingerprint density at radius 3 is 1.83 bits per heavy atom. The van der Waals surface area contributed by atoms with Gasteiger partial charge < -0.3 is 4.13 Å². The number of halogens is 5. The van der Waals surface area contributed by atoms with Crippen LogP contribution in [0.5, 0.6) is 0 Å². The van der Waals surface area contributed by atoms with E-state index in [-0.39, 0.29) is 0 Å². The third kappa shape index (κ3) is 4.59. The Hall–Kier alpha value is -0.820. The molecular weight excluding hydrogens is 373 g/mol. The zero-order chi connectivity index (χ0) is 18.1. The fourth-order valence-corrected chi connectivity index (χ4v) is 4.25. The van der Waals surface area contributed by atoms with Crippen molar-refractivity contribution in [1.82, 2.24) is 0 Å². The van der Waals surface area contributed by atoms with Crippen LogP contribution >= 0.6 is 0 Å². The Bertz CT molecular complexity index is 650. The van der Waals surface area contributed by atoms with Crippen LogP contribution in [0.4, 0.5) is 22.0 Å². The van der Waals surface area contributed by atoms with Crippen molar-refractivity contribution in [3.8, 4) is 0 Å². The van der Waals surface area contributed by atoms with Gasteiger partial charge in [0.15, 0.2) is 20.0 Å². The zero-order valence-electron chi connectivity index (χ0n) is 11.5. The van der Waals surface area contributed by atoms with Gasteiger partial charge in [-0.05, 0) is 5.92 Å². The van der Waals surface area contributed by atoms with Crippen LogP contribution in [-0.2, 0) is 24.8 Å². The van der Waals surface area contributed by atoms with E-state index in [9.17, 15) is 43.6 Å². The van der Waals surface area contributed by atoms with E-state index in [1.165, 1.54) is 4.13 Å². The first-order chi connectivity index (χ1) is 10.2. The fourth-order valence-electron chi connectivity index (χ4n) is 2.13. The molecule has 136 valence electrons. The Morgan fingerprint density at radius 1 is 0.913 bits per heavy atom. The lowest BCUT2D eigenvalue weighted by atomic mass is 9.86. The van der Waals surface area contributed by atoms with Crippen LogP contribution < -0.4 is 0 Å². The monoisotopic (exact) mass is 386 g/mol. The van der Waals surface area contributed by atoms with E-state index < -0.39 is 48.9 Å². The summed E-state index contributed by atoms with van der Waals surface area (Å²) in [5.41, 5.74) is -6.16. The summed E-state index contributed by atoms with van der Waals surface area (Å²) in [5.74, 6) is -2.68. The molecule has 1 aliphatic carbocycles. The van der Waals surface area contributed by atoms with Crippen molar-refractivity contribution in [3.05, 3.63) is 4.13 Å². The maximum atomic E-state index is 13.6. The minimum absolute atomic E-state index is 0.403. The molecule has 0 spiro atoms.